The molecule has 3 nitrogen and oxygen atoms in total. The number of thiophene rings is 1. The first-order valence-electron chi connectivity index (χ1n) is 12.2. The molecule has 0 aliphatic heterocycles. The van der Waals surface area contributed by atoms with Gasteiger partial charge in [-0.3, -0.25) is 0 Å². The average molecular weight is 479 g/mol. The van der Waals surface area contributed by atoms with E-state index in [4.69, 9.17) is 9.73 Å². The molecule has 35 heavy (non-hydrogen) atoms. The third-order valence-corrected chi connectivity index (χ3v) is 8.19. The highest BCUT2D eigenvalue weighted by atomic mass is 32.1. The standard InChI is InChI=1S/C31H30N2OS/c1-31(2,3)25-14-15-26-27(18-32)30(35-29(26)17-25)33-19-24-10-6-7-11-28(24)34-20-21-12-13-22-8-4-5-9-23(22)16-21/h4-13,16,19,25H,14-15,17,20H2,1-3H3/t25-/m0/s1. The summed E-state index contributed by atoms with van der Waals surface area (Å²) in [7, 11) is 0. The van der Waals surface area contributed by atoms with Crippen molar-refractivity contribution in [1.29, 1.82) is 5.26 Å². The molecule has 0 fully saturated rings. The van der Waals surface area contributed by atoms with E-state index in [0.29, 0.717) is 12.5 Å². The van der Waals surface area contributed by atoms with Crippen molar-refractivity contribution in [3.8, 4) is 11.8 Å². The highest BCUT2D eigenvalue weighted by molar-refractivity contribution is 7.16. The molecule has 1 heterocycles. The fourth-order valence-electron chi connectivity index (χ4n) is 4.85. The predicted molar refractivity (Wildman–Crippen MR) is 146 cm³/mol. The van der Waals surface area contributed by atoms with Crippen LogP contribution < -0.4 is 4.74 Å². The SMILES string of the molecule is CC(C)(C)[C@H]1CCc2c(sc(N=Cc3ccccc3OCc3ccc4ccccc4c3)c2C#N)C1. The minimum absolute atomic E-state index is 0.277. The molecule has 0 radical (unpaired) electrons. The first-order chi connectivity index (χ1) is 16.9. The molecule has 0 saturated heterocycles. The maximum absolute atomic E-state index is 9.88. The van der Waals surface area contributed by atoms with Crippen LogP contribution in [0.25, 0.3) is 10.8 Å². The molecule has 0 unspecified atom stereocenters. The van der Waals surface area contributed by atoms with E-state index in [9.17, 15) is 5.26 Å². The van der Waals surface area contributed by atoms with Crippen LogP contribution in [0.3, 0.4) is 0 Å². The number of ether oxygens (including phenoxy) is 1. The number of fused-ring (bicyclic) bond motifs is 2. The molecule has 1 aromatic heterocycles. The Bertz CT molecular complexity index is 1430. The van der Waals surface area contributed by atoms with Crippen molar-refractivity contribution in [3.05, 3.63) is 93.9 Å². The summed E-state index contributed by atoms with van der Waals surface area (Å²) in [4.78, 5) is 6.12. The predicted octanol–water partition coefficient (Wildman–Crippen LogP) is 8.25. The van der Waals surface area contributed by atoms with Gasteiger partial charge in [-0.05, 0) is 70.7 Å². The second-order valence-electron chi connectivity index (χ2n) is 10.4. The van der Waals surface area contributed by atoms with Crippen LogP contribution in [0.1, 0.15) is 54.3 Å². The molecule has 0 amide bonds. The van der Waals surface area contributed by atoms with Crippen molar-refractivity contribution >= 4 is 33.3 Å². The summed E-state index contributed by atoms with van der Waals surface area (Å²) in [6, 6.07) is 25.1. The van der Waals surface area contributed by atoms with Crippen LogP contribution in [0, 0.1) is 22.7 Å². The Morgan fingerprint density at radius 3 is 2.63 bits per heavy atom. The van der Waals surface area contributed by atoms with Gasteiger partial charge in [0.05, 0.1) is 5.56 Å². The molecule has 3 aromatic carbocycles. The van der Waals surface area contributed by atoms with Crippen LogP contribution in [-0.4, -0.2) is 6.21 Å². The van der Waals surface area contributed by atoms with Gasteiger partial charge in [0, 0.05) is 16.7 Å². The molecule has 5 rings (SSSR count). The minimum Gasteiger partial charge on any atom is -0.488 e. The van der Waals surface area contributed by atoms with Crippen LogP contribution in [0.5, 0.6) is 5.75 Å². The third kappa shape index (κ3) is 5.01. The molecule has 0 bridgehead atoms. The Kier molecular flexibility index (Phi) is 6.45. The molecule has 176 valence electrons. The Morgan fingerprint density at radius 1 is 1.06 bits per heavy atom. The molecule has 4 heteroatoms. The first-order valence-corrected chi connectivity index (χ1v) is 13.0. The molecule has 1 atom stereocenters. The Labute approximate surface area is 211 Å². The van der Waals surface area contributed by atoms with Gasteiger partial charge in [0.25, 0.3) is 0 Å². The lowest BCUT2D eigenvalue weighted by molar-refractivity contribution is 0.218. The van der Waals surface area contributed by atoms with Crippen molar-refractivity contribution < 1.29 is 4.74 Å². The number of benzene rings is 3. The van der Waals surface area contributed by atoms with Crippen molar-refractivity contribution in [1.82, 2.24) is 0 Å². The summed E-state index contributed by atoms with van der Waals surface area (Å²) in [5.41, 5.74) is 4.28. The van der Waals surface area contributed by atoms with E-state index < -0.39 is 0 Å². The van der Waals surface area contributed by atoms with E-state index in [1.54, 1.807) is 11.3 Å². The Balaban J connectivity index is 1.36. The lowest BCUT2D eigenvalue weighted by atomic mass is 9.72. The molecule has 4 aromatic rings. The monoisotopic (exact) mass is 478 g/mol. The number of rotatable bonds is 5. The van der Waals surface area contributed by atoms with Gasteiger partial charge < -0.3 is 4.74 Å². The quantitative estimate of drug-likeness (QED) is 0.271. The van der Waals surface area contributed by atoms with Crippen LogP contribution in [0.2, 0.25) is 0 Å². The molecule has 1 aliphatic carbocycles. The van der Waals surface area contributed by atoms with Gasteiger partial charge in [-0.15, -0.1) is 11.3 Å². The van der Waals surface area contributed by atoms with Crippen LogP contribution >= 0.6 is 11.3 Å². The van der Waals surface area contributed by atoms with E-state index in [1.165, 1.54) is 21.2 Å². The van der Waals surface area contributed by atoms with Gasteiger partial charge >= 0.3 is 0 Å². The molecule has 0 spiro atoms. The number of nitriles is 1. The average Bonchev–Trinajstić information content (AvgIpc) is 3.22. The maximum atomic E-state index is 9.88. The number of hydrogen-bond acceptors (Lipinski definition) is 4. The smallest absolute Gasteiger partial charge is 0.134 e. The zero-order valence-electron chi connectivity index (χ0n) is 20.5. The minimum atomic E-state index is 0.277. The van der Waals surface area contributed by atoms with Gasteiger partial charge in [-0.1, -0.05) is 69.3 Å². The van der Waals surface area contributed by atoms with Crippen LogP contribution in [0.15, 0.2) is 71.7 Å². The van der Waals surface area contributed by atoms with Gasteiger partial charge in [0.1, 0.15) is 23.4 Å². The lowest BCUT2D eigenvalue weighted by Crippen LogP contribution is -2.26. The van der Waals surface area contributed by atoms with Gasteiger partial charge in [-0.2, -0.15) is 5.26 Å². The largest absolute Gasteiger partial charge is 0.488 e. The Hall–Kier alpha value is -3.42. The highest BCUT2D eigenvalue weighted by Gasteiger charge is 2.32. The number of nitrogens with zero attached hydrogens (tertiary/aromatic N) is 2. The topological polar surface area (TPSA) is 45.4 Å². The van der Waals surface area contributed by atoms with Crippen LogP contribution in [0.4, 0.5) is 5.00 Å². The molecular weight excluding hydrogens is 448 g/mol. The van der Waals surface area contributed by atoms with Crippen LogP contribution in [-0.2, 0) is 19.4 Å². The lowest BCUT2D eigenvalue weighted by Gasteiger charge is -2.33. The van der Waals surface area contributed by atoms with Gasteiger partial charge in [-0.25, -0.2) is 4.99 Å². The third-order valence-electron chi connectivity index (χ3n) is 7.03. The molecule has 1 aliphatic rings. The molecular formula is C31H30N2OS. The Morgan fingerprint density at radius 2 is 1.83 bits per heavy atom. The van der Waals surface area contributed by atoms with E-state index >= 15 is 0 Å². The van der Waals surface area contributed by atoms with Crippen molar-refractivity contribution in [2.24, 2.45) is 16.3 Å². The second kappa shape index (κ2) is 9.68. The zero-order chi connectivity index (χ0) is 24.4. The number of para-hydroxylation sites is 1. The normalized spacial score (nSPS) is 15.8. The number of aliphatic imine (C=N–C) groups is 1. The fourth-order valence-corrected chi connectivity index (χ4v) is 6.07. The molecule has 0 saturated carbocycles. The summed E-state index contributed by atoms with van der Waals surface area (Å²) in [5.74, 6) is 1.43. The highest BCUT2D eigenvalue weighted by Crippen LogP contribution is 2.45. The van der Waals surface area contributed by atoms with Crippen molar-refractivity contribution in [2.45, 2.75) is 46.6 Å². The molecule has 0 N–H and O–H groups in total. The van der Waals surface area contributed by atoms with E-state index in [2.05, 4.69) is 69.3 Å². The summed E-state index contributed by atoms with van der Waals surface area (Å²) in [6.45, 7) is 7.43. The summed E-state index contributed by atoms with van der Waals surface area (Å²) in [6.07, 6.45) is 4.99. The summed E-state index contributed by atoms with van der Waals surface area (Å²) in [5, 5.41) is 13.1. The van der Waals surface area contributed by atoms with Gasteiger partial charge in [0.2, 0.25) is 0 Å². The summed E-state index contributed by atoms with van der Waals surface area (Å²) < 4.78 is 6.20. The van der Waals surface area contributed by atoms with E-state index in [0.717, 1.165) is 46.7 Å². The van der Waals surface area contributed by atoms with Gasteiger partial charge in [0.15, 0.2) is 0 Å². The first kappa shape index (κ1) is 23.3. The van der Waals surface area contributed by atoms with Crippen molar-refractivity contribution in [3.63, 3.8) is 0 Å². The number of hydrogen-bond donors (Lipinski definition) is 0. The summed E-state index contributed by atoms with van der Waals surface area (Å²) >= 11 is 1.68. The fraction of sp³-hybridized carbons (Fsp3) is 0.290. The van der Waals surface area contributed by atoms with E-state index in [1.807, 2.05) is 30.5 Å². The maximum Gasteiger partial charge on any atom is 0.134 e. The van der Waals surface area contributed by atoms with E-state index in [-0.39, 0.29) is 5.41 Å². The second-order valence-corrected chi connectivity index (χ2v) is 11.5. The van der Waals surface area contributed by atoms with Crippen molar-refractivity contribution in [2.75, 3.05) is 0 Å². The zero-order valence-corrected chi connectivity index (χ0v) is 21.4.